The number of nitrogens with zero attached hydrogens (tertiary/aromatic N) is 2. The van der Waals surface area contributed by atoms with E-state index in [2.05, 4.69) is 17.2 Å². The zero-order chi connectivity index (χ0) is 19.1. The van der Waals surface area contributed by atoms with Gasteiger partial charge in [-0.15, -0.1) is 0 Å². The van der Waals surface area contributed by atoms with E-state index in [0.29, 0.717) is 10.6 Å². The van der Waals surface area contributed by atoms with Crippen LogP contribution in [-0.2, 0) is 11.2 Å². The van der Waals surface area contributed by atoms with Crippen LogP contribution >= 0.6 is 11.6 Å². The Bertz CT molecular complexity index is 928. The SMILES string of the molecule is CC[C@@H]1c2cc(Cl)ccc2C(=O)N1c1cncc2c1CCC[C@H]2NC(C)=O. The largest absolute Gasteiger partial charge is 0.349 e. The Balaban J connectivity index is 1.80. The van der Waals surface area contributed by atoms with Crippen LogP contribution < -0.4 is 10.2 Å². The third kappa shape index (κ3) is 3.00. The van der Waals surface area contributed by atoms with Gasteiger partial charge in [-0.05, 0) is 60.6 Å². The van der Waals surface area contributed by atoms with E-state index >= 15 is 0 Å². The third-order valence-electron chi connectivity index (χ3n) is 5.52. The highest BCUT2D eigenvalue weighted by Gasteiger charge is 2.39. The Kier molecular flexibility index (Phi) is 4.64. The summed E-state index contributed by atoms with van der Waals surface area (Å²) >= 11 is 6.19. The zero-order valence-electron chi connectivity index (χ0n) is 15.5. The average Bonchev–Trinajstić information content (AvgIpc) is 2.92. The summed E-state index contributed by atoms with van der Waals surface area (Å²) in [7, 11) is 0. The average molecular weight is 384 g/mol. The maximum atomic E-state index is 13.2. The van der Waals surface area contributed by atoms with Crippen molar-refractivity contribution in [2.45, 2.75) is 51.6 Å². The summed E-state index contributed by atoms with van der Waals surface area (Å²) in [4.78, 5) is 31.1. The van der Waals surface area contributed by atoms with E-state index < -0.39 is 0 Å². The summed E-state index contributed by atoms with van der Waals surface area (Å²) < 4.78 is 0. The molecule has 2 aromatic rings. The van der Waals surface area contributed by atoms with Crippen LogP contribution in [0.5, 0.6) is 0 Å². The lowest BCUT2D eigenvalue weighted by Crippen LogP contribution is -2.32. The number of hydrogen-bond acceptors (Lipinski definition) is 3. The molecule has 27 heavy (non-hydrogen) atoms. The standard InChI is InChI=1S/C21H22ClN3O2/c1-3-19-16-9-13(22)7-8-15(16)21(27)25(19)20-11-23-10-17-14(20)5-4-6-18(17)24-12(2)26/h7-11,18-19H,3-6H2,1-2H3,(H,24,26)/t18-,19-/m1/s1. The first kappa shape index (κ1) is 18.0. The highest BCUT2D eigenvalue weighted by Crippen LogP contribution is 2.44. The number of rotatable bonds is 3. The molecule has 0 fully saturated rings. The van der Waals surface area contributed by atoms with E-state index in [9.17, 15) is 9.59 Å². The van der Waals surface area contributed by atoms with Gasteiger partial charge in [-0.3, -0.25) is 19.5 Å². The molecule has 0 spiro atoms. The van der Waals surface area contributed by atoms with Gasteiger partial charge >= 0.3 is 0 Å². The summed E-state index contributed by atoms with van der Waals surface area (Å²) in [6.45, 7) is 3.60. The molecular formula is C21H22ClN3O2. The van der Waals surface area contributed by atoms with Crippen LogP contribution in [0.25, 0.3) is 0 Å². The van der Waals surface area contributed by atoms with Crippen LogP contribution in [0, 0.1) is 0 Å². The number of aromatic nitrogens is 1. The first-order valence-corrected chi connectivity index (χ1v) is 9.76. The second-order valence-corrected chi connectivity index (χ2v) is 7.64. The smallest absolute Gasteiger partial charge is 0.259 e. The molecule has 4 rings (SSSR count). The summed E-state index contributed by atoms with van der Waals surface area (Å²) in [5, 5.41) is 3.66. The molecule has 1 aliphatic carbocycles. The van der Waals surface area contributed by atoms with E-state index in [4.69, 9.17) is 11.6 Å². The molecule has 2 aliphatic rings. The minimum Gasteiger partial charge on any atom is -0.349 e. The molecule has 140 valence electrons. The van der Waals surface area contributed by atoms with E-state index in [-0.39, 0.29) is 23.9 Å². The molecule has 1 N–H and O–H groups in total. The number of carbonyl (C=O) groups excluding carboxylic acids is 2. The minimum atomic E-state index is -0.0550. The Hall–Kier alpha value is -2.40. The molecule has 0 unspecified atom stereocenters. The quantitative estimate of drug-likeness (QED) is 0.856. The molecular weight excluding hydrogens is 362 g/mol. The summed E-state index contributed by atoms with van der Waals surface area (Å²) in [6, 6.07) is 5.37. The van der Waals surface area contributed by atoms with Crippen LogP contribution in [0.1, 0.15) is 72.2 Å². The predicted octanol–water partition coefficient (Wildman–Crippen LogP) is 4.36. The van der Waals surface area contributed by atoms with Crippen molar-refractivity contribution < 1.29 is 9.59 Å². The van der Waals surface area contributed by atoms with E-state index in [1.54, 1.807) is 12.3 Å². The van der Waals surface area contributed by atoms with Crippen molar-refractivity contribution in [1.29, 1.82) is 0 Å². The first-order valence-electron chi connectivity index (χ1n) is 9.38. The van der Waals surface area contributed by atoms with E-state index in [1.165, 1.54) is 6.92 Å². The van der Waals surface area contributed by atoms with E-state index in [0.717, 1.165) is 48.1 Å². The van der Waals surface area contributed by atoms with Gasteiger partial charge in [0.25, 0.3) is 5.91 Å². The summed E-state index contributed by atoms with van der Waals surface area (Å²) in [5.74, 6) is -0.0608. The number of nitrogens with one attached hydrogen (secondary N) is 1. The molecule has 0 saturated heterocycles. The fraction of sp³-hybridized carbons (Fsp3) is 0.381. The molecule has 0 saturated carbocycles. The second-order valence-electron chi connectivity index (χ2n) is 7.20. The van der Waals surface area contributed by atoms with Crippen molar-refractivity contribution in [3.8, 4) is 0 Å². The highest BCUT2D eigenvalue weighted by atomic mass is 35.5. The van der Waals surface area contributed by atoms with Crippen molar-refractivity contribution in [2.24, 2.45) is 0 Å². The lowest BCUT2D eigenvalue weighted by Gasteiger charge is -2.32. The predicted molar refractivity (Wildman–Crippen MR) is 105 cm³/mol. The van der Waals surface area contributed by atoms with Crippen LogP contribution in [0.4, 0.5) is 5.69 Å². The molecule has 1 aromatic heterocycles. The molecule has 0 radical (unpaired) electrons. The molecule has 1 aliphatic heterocycles. The van der Waals surface area contributed by atoms with Gasteiger partial charge < -0.3 is 5.32 Å². The molecule has 0 bridgehead atoms. The lowest BCUT2D eigenvalue weighted by atomic mass is 9.87. The zero-order valence-corrected chi connectivity index (χ0v) is 16.2. The topological polar surface area (TPSA) is 62.3 Å². The number of halogens is 1. The monoisotopic (exact) mass is 383 g/mol. The van der Waals surface area contributed by atoms with E-state index in [1.807, 2.05) is 23.2 Å². The number of fused-ring (bicyclic) bond motifs is 2. The van der Waals surface area contributed by atoms with Crippen LogP contribution in [0.3, 0.4) is 0 Å². The number of hydrogen-bond donors (Lipinski definition) is 1. The van der Waals surface area contributed by atoms with Crippen LogP contribution in [-0.4, -0.2) is 16.8 Å². The molecule has 1 aromatic carbocycles. The molecule has 5 nitrogen and oxygen atoms in total. The van der Waals surface area contributed by atoms with Crippen molar-refractivity contribution in [2.75, 3.05) is 4.90 Å². The second kappa shape index (κ2) is 6.97. The molecule has 2 amide bonds. The maximum absolute atomic E-state index is 13.2. The summed E-state index contributed by atoms with van der Waals surface area (Å²) in [6.07, 6.45) is 7.12. The van der Waals surface area contributed by atoms with Gasteiger partial charge in [0.2, 0.25) is 5.91 Å². The molecule has 2 atom stereocenters. The van der Waals surface area contributed by atoms with Gasteiger partial charge in [0.15, 0.2) is 0 Å². The van der Waals surface area contributed by atoms with Gasteiger partial charge in [0.1, 0.15) is 0 Å². The fourth-order valence-corrected chi connectivity index (χ4v) is 4.58. The lowest BCUT2D eigenvalue weighted by molar-refractivity contribution is -0.119. The van der Waals surface area contributed by atoms with Gasteiger partial charge in [-0.1, -0.05) is 18.5 Å². The fourth-order valence-electron chi connectivity index (χ4n) is 4.40. The molecule has 6 heteroatoms. The van der Waals surface area contributed by atoms with Crippen LogP contribution in [0.15, 0.2) is 30.6 Å². The number of carbonyl (C=O) groups is 2. The Labute approximate surface area is 163 Å². The van der Waals surface area contributed by atoms with Gasteiger partial charge in [0.05, 0.1) is 24.0 Å². The van der Waals surface area contributed by atoms with Crippen molar-refractivity contribution in [3.63, 3.8) is 0 Å². The summed E-state index contributed by atoms with van der Waals surface area (Å²) in [5.41, 5.74) is 4.66. The Morgan fingerprint density at radius 1 is 1.33 bits per heavy atom. The number of benzene rings is 1. The van der Waals surface area contributed by atoms with Gasteiger partial charge in [0, 0.05) is 23.7 Å². The number of amides is 2. The van der Waals surface area contributed by atoms with Crippen LogP contribution in [0.2, 0.25) is 5.02 Å². The normalized spacial score (nSPS) is 21.0. The Morgan fingerprint density at radius 3 is 2.89 bits per heavy atom. The maximum Gasteiger partial charge on any atom is 0.259 e. The first-order chi connectivity index (χ1) is 13.0. The third-order valence-corrected chi connectivity index (χ3v) is 5.76. The van der Waals surface area contributed by atoms with Crippen molar-refractivity contribution in [1.82, 2.24) is 10.3 Å². The number of pyridine rings is 1. The molecule has 2 heterocycles. The highest BCUT2D eigenvalue weighted by molar-refractivity contribution is 6.31. The van der Waals surface area contributed by atoms with Crippen molar-refractivity contribution >= 4 is 29.1 Å². The van der Waals surface area contributed by atoms with Gasteiger partial charge in [-0.2, -0.15) is 0 Å². The van der Waals surface area contributed by atoms with Crippen molar-refractivity contribution in [3.05, 3.63) is 57.9 Å². The number of anilines is 1. The van der Waals surface area contributed by atoms with Gasteiger partial charge in [-0.25, -0.2) is 0 Å². The Morgan fingerprint density at radius 2 is 2.15 bits per heavy atom. The minimum absolute atomic E-state index is 0.00892.